The number of halogens is 4. The molecule has 0 radical (unpaired) electrons. The van der Waals surface area contributed by atoms with Gasteiger partial charge in [0.25, 0.3) is 5.91 Å². The topological polar surface area (TPSA) is 56.6 Å². The van der Waals surface area contributed by atoms with E-state index in [2.05, 4.69) is 5.10 Å². The Morgan fingerprint density at radius 2 is 1.87 bits per heavy atom. The van der Waals surface area contributed by atoms with Crippen LogP contribution in [0.3, 0.4) is 0 Å². The lowest BCUT2D eigenvalue weighted by atomic mass is 10.1. The standard InChI is InChI=1S/C21H17ClF3N3O3/c1-2-27(11-13-3-8-17-18(9-13)31-12-30-17)20(29)16-10-26-28(19(16)21(23,24)25)15-6-4-14(22)5-7-15/h3-10H,2,11-12H2,1H3. The van der Waals surface area contributed by atoms with Gasteiger partial charge in [-0.05, 0) is 48.9 Å². The molecule has 0 saturated carbocycles. The maximum absolute atomic E-state index is 13.9. The van der Waals surface area contributed by atoms with Gasteiger partial charge in [0.2, 0.25) is 6.79 Å². The molecule has 0 unspecified atom stereocenters. The highest BCUT2D eigenvalue weighted by Crippen LogP contribution is 2.35. The van der Waals surface area contributed by atoms with Crippen molar-refractivity contribution in [3.8, 4) is 17.2 Å². The summed E-state index contributed by atoms with van der Waals surface area (Å²) in [5.41, 5.74) is -0.804. The molecule has 4 rings (SSSR count). The fraction of sp³-hybridized carbons (Fsp3) is 0.238. The number of nitrogens with zero attached hydrogens (tertiary/aromatic N) is 3. The van der Waals surface area contributed by atoms with E-state index in [0.717, 1.165) is 6.20 Å². The first-order valence-corrected chi connectivity index (χ1v) is 9.74. The fourth-order valence-corrected chi connectivity index (χ4v) is 3.44. The summed E-state index contributed by atoms with van der Waals surface area (Å²) in [5, 5.41) is 4.22. The van der Waals surface area contributed by atoms with Crippen molar-refractivity contribution >= 4 is 17.5 Å². The molecule has 162 valence electrons. The van der Waals surface area contributed by atoms with Gasteiger partial charge in [-0.3, -0.25) is 4.79 Å². The summed E-state index contributed by atoms with van der Waals surface area (Å²) < 4.78 is 53.1. The zero-order chi connectivity index (χ0) is 22.2. The van der Waals surface area contributed by atoms with E-state index in [-0.39, 0.29) is 25.6 Å². The van der Waals surface area contributed by atoms with Gasteiger partial charge < -0.3 is 14.4 Å². The molecule has 1 amide bonds. The number of carbonyl (C=O) groups is 1. The van der Waals surface area contributed by atoms with E-state index in [1.54, 1.807) is 25.1 Å². The zero-order valence-electron chi connectivity index (χ0n) is 16.3. The van der Waals surface area contributed by atoms with Crippen LogP contribution in [0.2, 0.25) is 5.02 Å². The number of rotatable bonds is 5. The summed E-state index contributed by atoms with van der Waals surface area (Å²) in [7, 11) is 0. The molecule has 0 aliphatic carbocycles. The number of benzene rings is 2. The van der Waals surface area contributed by atoms with Gasteiger partial charge in [0.05, 0.1) is 17.4 Å². The molecular weight excluding hydrogens is 435 g/mol. The molecule has 2 heterocycles. The summed E-state index contributed by atoms with van der Waals surface area (Å²) in [6.07, 6.45) is -3.85. The smallest absolute Gasteiger partial charge is 0.434 e. The van der Waals surface area contributed by atoms with Crippen molar-refractivity contribution in [1.82, 2.24) is 14.7 Å². The Balaban J connectivity index is 1.67. The van der Waals surface area contributed by atoms with Crippen LogP contribution in [0.4, 0.5) is 13.2 Å². The molecule has 1 aromatic heterocycles. The highest BCUT2D eigenvalue weighted by atomic mass is 35.5. The average molecular weight is 452 g/mol. The lowest BCUT2D eigenvalue weighted by Crippen LogP contribution is -2.32. The number of carbonyl (C=O) groups excluding carboxylic acids is 1. The van der Waals surface area contributed by atoms with Crippen LogP contribution in [0.25, 0.3) is 5.69 Å². The van der Waals surface area contributed by atoms with Crippen molar-refractivity contribution in [1.29, 1.82) is 0 Å². The van der Waals surface area contributed by atoms with Crippen LogP contribution < -0.4 is 9.47 Å². The van der Waals surface area contributed by atoms with Gasteiger partial charge in [0.1, 0.15) is 0 Å². The van der Waals surface area contributed by atoms with Crippen LogP contribution in [-0.4, -0.2) is 33.9 Å². The predicted octanol–water partition coefficient (Wildman–Crippen LogP) is 4.94. The Hall–Kier alpha value is -3.20. The minimum absolute atomic E-state index is 0.105. The molecule has 0 spiro atoms. The quantitative estimate of drug-likeness (QED) is 0.551. The van der Waals surface area contributed by atoms with Gasteiger partial charge in [-0.15, -0.1) is 0 Å². The molecule has 6 nitrogen and oxygen atoms in total. The number of amides is 1. The molecule has 0 saturated heterocycles. The molecule has 0 bridgehead atoms. The second kappa shape index (κ2) is 8.14. The minimum Gasteiger partial charge on any atom is -0.454 e. The molecule has 1 aliphatic rings. The minimum atomic E-state index is -4.79. The second-order valence-electron chi connectivity index (χ2n) is 6.80. The number of alkyl halides is 3. The summed E-state index contributed by atoms with van der Waals surface area (Å²) in [6.45, 7) is 2.11. The number of aromatic nitrogens is 2. The Kier molecular flexibility index (Phi) is 5.53. The number of hydrogen-bond acceptors (Lipinski definition) is 4. The Morgan fingerprint density at radius 1 is 1.16 bits per heavy atom. The molecule has 31 heavy (non-hydrogen) atoms. The number of fused-ring (bicyclic) bond motifs is 1. The Labute approximate surface area is 180 Å². The highest BCUT2D eigenvalue weighted by Gasteiger charge is 2.41. The molecule has 3 aromatic rings. The maximum atomic E-state index is 13.9. The summed E-state index contributed by atoms with van der Waals surface area (Å²) >= 11 is 5.83. The van der Waals surface area contributed by atoms with E-state index in [4.69, 9.17) is 21.1 Å². The molecule has 2 aromatic carbocycles. The van der Waals surface area contributed by atoms with Crippen LogP contribution >= 0.6 is 11.6 Å². The van der Waals surface area contributed by atoms with Gasteiger partial charge in [-0.2, -0.15) is 18.3 Å². The normalized spacial score (nSPS) is 12.8. The summed E-state index contributed by atoms with van der Waals surface area (Å²) in [6, 6.07) is 10.9. The Morgan fingerprint density at radius 3 is 2.55 bits per heavy atom. The lowest BCUT2D eigenvalue weighted by molar-refractivity contribution is -0.143. The van der Waals surface area contributed by atoms with E-state index >= 15 is 0 Å². The third-order valence-electron chi connectivity index (χ3n) is 4.82. The molecular formula is C21H17ClF3N3O3. The van der Waals surface area contributed by atoms with Crippen LogP contribution in [0, 0.1) is 0 Å². The van der Waals surface area contributed by atoms with Crippen molar-refractivity contribution in [2.24, 2.45) is 0 Å². The van der Waals surface area contributed by atoms with E-state index in [1.165, 1.54) is 29.2 Å². The summed E-state index contributed by atoms with van der Waals surface area (Å²) in [5.74, 6) is 0.349. The third-order valence-corrected chi connectivity index (χ3v) is 5.07. The maximum Gasteiger partial charge on any atom is 0.434 e. The van der Waals surface area contributed by atoms with E-state index in [1.807, 2.05) is 0 Å². The van der Waals surface area contributed by atoms with Crippen LogP contribution in [0.5, 0.6) is 11.5 Å². The van der Waals surface area contributed by atoms with Crippen molar-refractivity contribution in [2.75, 3.05) is 13.3 Å². The molecule has 0 N–H and O–H groups in total. The molecule has 0 atom stereocenters. The SMILES string of the molecule is CCN(Cc1ccc2c(c1)OCO2)C(=O)c1cnn(-c2ccc(Cl)cc2)c1C(F)(F)F. The van der Waals surface area contributed by atoms with Gasteiger partial charge >= 0.3 is 6.18 Å². The Bertz CT molecular complexity index is 1110. The number of ether oxygens (including phenoxy) is 2. The molecule has 1 aliphatic heterocycles. The van der Waals surface area contributed by atoms with E-state index < -0.39 is 23.3 Å². The monoisotopic (exact) mass is 451 g/mol. The first-order chi connectivity index (χ1) is 14.8. The first kappa shape index (κ1) is 21.0. The second-order valence-corrected chi connectivity index (χ2v) is 7.24. The third kappa shape index (κ3) is 4.18. The van der Waals surface area contributed by atoms with Crippen LogP contribution in [-0.2, 0) is 12.7 Å². The van der Waals surface area contributed by atoms with E-state index in [0.29, 0.717) is 26.8 Å². The lowest BCUT2D eigenvalue weighted by Gasteiger charge is -2.22. The molecule has 10 heteroatoms. The van der Waals surface area contributed by atoms with Crippen LogP contribution in [0.1, 0.15) is 28.5 Å². The number of hydrogen-bond donors (Lipinski definition) is 0. The predicted molar refractivity (Wildman–Crippen MR) is 107 cm³/mol. The van der Waals surface area contributed by atoms with Gasteiger partial charge in [0, 0.05) is 18.1 Å². The largest absolute Gasteiger partial charge is 0.454 e. The van der Waals surface area contributed by atoms with Crippen molar-refractivity contribution in [3.63, 3.8) is 0 Å². The van der Waals surface area contributed by atoms with Crippen molar-refractivity contribution in [3.05, 3.63) is 70.5 Å². The van der Waals surface area contributed by atoms with Gasteiger partial charge in [-0.25, -0.2) is 4.68 Å². The molecule has 0 fully saturated rings. The average Bonchev–Trinajstić information content (AvgIpc) is 3.38. The van der Waals surface area contributed by atoms with Crippen molar-refractivity contribution < 1.29 is 27.4 Å². The fourth-order valence-electron chi connectivity index (χ4n) is 3.31. The highest BCUT2D eigenvalue weighted by molar-refractivity contribution is 6.30. The van der Waals surface area contributed by atoms with E-state index in [9.17, 15) is 18.0 Å². The first-order valence-electron chi connectivity index (χ1n) is 9.37. The summed E-state index contributed by atoms with van der Waals surface area (Å²) in [4.78, 5) is 14.4. The van der Waals surface area contributed by atoms with Crippen LogP contribution in [0.15, 0.2) is 48.7 Å². The van der Waals surface area contributed by atoms with Gasteiger partial charge in [-0.1, -0.05) is 17.7 Å². The van der Waals surface area contributed by atoms with Gasteiger partial charge in [0.15, 0.2) is 17.2 Å². The van der Waals surface area contributed by atoms with Crippen molar-refractivity contribution in [2.45, 2.75) is 19.6 Å². The zero-order valence-corrected chi connectivity index (χ0v) is 17.1.